The number of aryl methyl sites for hydroxylation is 1. The number of carbonyl (C=O) groups is 1. The van der Waals surface area contributed by atoms with Crippen LogP contribution in [-0.2, 0) is 9.53 Å². The van der Waals surface area contributed by atoms with Gasteiger partial charge in [0.1, 0.15) is 11.6 Å². The highest BCUT2D eigenvalue weighted by atomic mass is 35.5. The fraction of sp³-hybridized carbons (Fsp3) is 0.333. The highest BCUT2D eigenvalue weighted by Crippen LogP contribution is 2.19. The number of methoxy groups -OCH3 is 1. The zero-order valence-electron chi connectivity index (χ0n) is 11.1. The van der Waals surface area contributed by atoms with Gasteiger partial charge in [-0.25, -0.2) is 4.98 Å². The summed E-state index contributed by atoms with van der Waals surface area (Å²) in [5.74, 6) is 0.293. The molecular weight excluding hydrogens is 305 g/mol. The predicted molar refractivity (Wildman–Crippen MR) is 81.7 cm³/mol. The highest BCUT2D eigenvalue weighted by molar-refractivity contribution is 5.96. The topological polar surface area (TPSA) is 90.4 Å². The molecule has 112 valence electrons. The van der Waals surface area contributed by atoms with Gasteiger partial charge in [-0.2, -0.15) is 0 Å². The van der Waals surface area contributed by atoms with E-state index in [1.54, 1.807) is 25.1 Å². The van der Waals surface area contributed by atoms with Crippen LogP contribution in [0.1, 0.15) is 5.89 Å². The van der Waals surface area contributed by atoms with Gasteiger partial charge in [-0.15, -0.1) is 24.8 Å². The Morgan fingerprint density at radius 3 is 2.85 bits per heavy atom. The molecule has 2 aromatic rings. The number of rotatable bonds is 4. The first-order valence-corrected chi connectivity index (χ1v) is 5.52. The second-order valence-electron chi connectivity index (χ2n) is 3.97. The second-order valence-corrected chi connectivity index (χ2v) is 3.97. The number of nitrogens with zero attached hydrogens (tertiary/aromatic N) is 1. The Morgan fingerprint density at radius 1 is 1.50 bits per heavy atom. The van der Waals surface area contributed by atoms with Crippen LogP contribution in [-0.4, -0.2) is 30.6 Å². The average Bonchev–Trinajstić information content (AvgIpc) is 2.68. The monoisotopic (exact) mass is 321 g/mol. The largest absolute Gasteiger partial charge is 0.441 e. The Hall–Kier alpha value is -1.34. The number of nitrogens with one attached hydrogen (secondary N) is 1. The van der Waals surface area contributed by atoms with Gasteiger partial charge in [0.05, 0.1) is 6.61 Å². The number of fused-ring (bicyclic) bond motifs is 1. The molecule has 0 saturated heterocycles. The number of aromatic nitrogens is 1. The molecule has 3 N–H and O–H groups in total. The summed E-state index contributed by atoms with van der Waals surface area (Å²) in [5.41, 5.74) is 7.64. The third-order valence-corrected chi connectivity index (χ3v) is 2.45. The summed E-state index contributed by atoms with van der Waals surface area (Å²) in [5, 5.41) is 2.70. The number of nitrogens with two attached hydrogens (primary N) is 1. The van der Waals surface area contributed by atoms with Gasteiger partial charge in [-0.05, 0) is 18.2 Å². The normalized spacial score (nSPS) is 11.3. The summed E-state index contributed by atoms with van der Waals surface area (Å²) in [4.78, 5) is 15.9. The number of benzene rings is 1. The van der Waals surface area contributed by atoms with Gasteiger partial charge >= 0.3 is 0 Å². The molecule has 2 rings (SSSR count). The van der Waals surface area contributed by atoms with Crippen molar-refractivity contribution < 1.29 is 13.9 Å². The fourth-order valence-corrected chi connectivity index (χ4v) is 1.61. The first-order chi connectivity index (χ1) is 8.60. The van der Waals surface area contributed by atoms with E-state index in [1.807, 2.05) is 0 Å². The Labute approximate surface area is 128 Å². The van der Waals surface area contributed by atoms with E-state index >= 15 is 0 Å². The molecule has 1 atom stereocenters. The van der Waals surface area contributed by atoms with Gasteiger partial charge in [0.15, 0.2) is 11.5 Å². The zero-order valence-corrected chi connectivity index (χ0v) is 12.7. The number of oxazole rings is 1. The van der Waals surface area contributed by atoms with Crippen LogP contribution in [0.15, 0.2) is 22.6 Å². The van der Waals surface area contributed by atoms with Crippen molar-refractivity contribution >= 4 is 47.5 Å². The average molecular weight is 322 g/mol. The van der Waals surface area contributed by atoms with Gasteiger partial charge in [0, 0.05) is 19.7 Å². The van der Waals surface area contributed by atoms with Crippen LogP contribution in [0.25, 0.3) is 11.1 Å². The molecule has 1 heterocycles. The van der Waals surface area contributed by atoms with Crippen molar-refractivity contribution in [3.05, 3.63) is 24.1 Å². The van der Waals surface area contributed by atoms with Crippen LogP contribution in [0.2, 0.25) is 0 Å². The maximum Gasteiger partial charge on any atom is 0.243 e. The summed E-state index contributed by atoms with van der Waals surface area (Å²) >= 11 is 0. The molecule has 1 unspecified atom stereocenters. The molecular formula is C12H17Cl2N3O3. The molecule has 0 aliphatic rings. The predicted octanol–water partition coefficient (Wildman–Crippen LogP) is 1.89. The molecule has 0 saturated carbocycles. The minimum absolute atomic E-state index is 0. The smallest absolute Gasteiger partial charge is 0.243 e. The lowest BCUT2D eigenvalue weighted by molar-refractivity contribution is -0.118. The summed E-state index contributed by atoms with van der Waals surface area (Å²) in [6.45, 7) is 1.95. The van der Waals surface area contributed by atoms with Crippen molar-refractivity contribution in [3.8, 4) is 0 Å². The first kappa shape index (κ1) is 18.7. The van der Waals surface area contributed by atoms with Crippen molar-refractivity contribution in [2.24, 2.45) is 5.73 Å². The second kappa shape index (κ2) is 8.06. The van der Waals surface area contributed by atoms with Crippen LogP contribution < -0.4 is 11.1 Å². The number of carbonyl (C=O) groups excluding carboxylic acids is 1. The number of halogens is 2. The van der Waals surface area contributed by atoms with Crippen molar-refractivity contribution in [1.29, 1.82) is 0 Å². The lowest BCUT2D eigenvalue weighted by atomic mass is 10.2. The Balaban J connectivity index is 0.00000180. The molecule has 1 aromatic carbocycles. The molecule has 0 radical (unpaired) electrons. The van der Waals surface area contributed by atoms with Crippen molar-refractivity contribution in [2.75, 3.05) is 19.0 Å². The van der Waals surface area contributed by atoms with Crippen LogP contribution >= 0.6 is 24.8 Å². The summed E-state index contributed by atoms with van der Waals surface area (Å²) in [6.07, 6.45) is 0. The molecule has 0 spiro atoms. The molecule has 6 nitrogen and oxygen atoms in total. The van der Waals surface area contributed by atoms with Gasteiger partial charge in [-0.1, -0.05) is 0 Å². The Bertz CT molecular complexity index is 574. The maximum absolute atomic E-state index is 11.7. The quantitative estimate of drug-likeness (QED) is 0.897. The van der Waals surface area contributed by atoms with E-state index in [2.05, 4.69) is 10.3 Å². The van der Waals surface area contributed by atoms with Crippen LogP contribution in [0.3, 0.4) is 0 Å². The summed E-state index contributed by atoms with van der Waals surface area (Å²) in [6, 6.07) is 4.55. The third kappa shape index (κ3) is 4.35. The highest BCUT2D eigenvalue weighted by Gasteiger charge is 2.13. The van der Waals surface area contributed by atoms with E-state index in [0.717, 1.165) is 0 Å². The van der Waals surface area contributed by atoms with Crippen molar-refractivity contribution in [1.82, 2.24) is 4.98 Å². The van der Waals surface area contributed by atoms with Gasteiger partial charge in [0.25, 0.3) is 0 Å². The third-order valence-electron chi connectivity index (χ3n) is 2.45. The molecule has 0 bridgehead atoms. The molecule has 0 aliphatic heterocycles. The minimum Gasteiger partial charge on any atom is -0.441 e. The van der Waals surface area contributed by atoms with Crippen LogP contribution in [0, 0.1) is 6.92 Å². The number of anilines is 1. The molecule has 1 amide bonds. The van der Waals surface area contributed by atoms with E-state index in [4.69, 9.17) is 14.9 Å². The van der Waals surface area contributed by atoms with Crippen LogP contribution in [0.4, 0.5) is 5.69 Å². The van der Waals surface area contributed by atoms with E-state index in [1.165, 1.54) is 7.11 Å². The molecule has 0 fully saturated rings. The zero-order chi connectivity index (χ0) is 13.1. The minimum atomic E-state index is -0.690. The maximum atomic E-state index is 11.7. The summed E-state index contributed by atoms with van der Waals surface area (Å²) in [7, 11) is 1.50. The van der Waals surface area contributed by atoms with Gasteiger partial charge in [0.2, 0.25) is 5.91 Å². The fourth-order valence-electron chi connectivity index (χ4n) is 1.61. The number of ether oxygens (including phenoxy) is 1. The van der Waals surface area contributed by atoms with E-state index < -0.39 is 6.04 Å². The Kier molecular flexibility index (Phi) is 7.52. The van der Waals surface area contributed by atoms with Gasteiger partial charge < -0.3 is 20.2 Å². The SMILES string of the molecule is COCC(N)C(=O)Nc1ccc2oc(C)nc2c1.Cl.Cl. The van der Waals surface area contributed by atoms with Crippen molar-refractivity contribution in [2.45, 2.75) is 13.0 Å². The van der Waals surface area contributed by atoms with Gasteiger partial charge in [-0.3, -0.25) is 4.79 Å². The lowest BCUT2D eigenvalue weighted by Gasteiger charge is -2.10. The lowest BCUT2D eigenvalue weighted by Crippen LogP contribution is -2.39. The van der Waals surface area contributed by atoms with E-state index in [9.17, 15) is 4.79 Å². The molecule has 0 aliphatic carbocycles. The summed E-state index contributed by atoms with van der Waals surface area (Å²) < 4.78 is 10.2. The molecule has 20 heavy (non-hydrogen) atoms. The number of hydrogen-bond acceptors (Lipinski definition) is 5. The molecule has 8 heteroatoms. The number of hydrogen-bond donors (Lipinski definition) is 2. The van der Waals surface area contributed by atoms with Crippen molar-refractivity contribution in [3.63, 3.8) is 0 Å². The van der Waals surface area contributed by atoms with E-state index in [0.29, 0.717) is 22.7 Å². The van der Waals surface area contributed by atoms with E-state index in [-0.39, 0.29) is 37.3 Å². The standard InChI is InChI=1S/C12H15N3O3.2ClH/c1-7-14-10-5-8(3-4-11(10)18-7)15-12(16)9(13)6-17-2;;/h3-5,9H,6,13H2,1-2H3,(H,15,16);2*1H. The molecule has 1 aromatic heterocycles. The number of amides is 1. The first-order valence-electron chi connectivity index (χ1n) is 5.52. The Morgan fingerprint density at radius 2 is 2.20 bits per heavy atom. The van der Waals surface area contributed by atoms with Crippen LogP contribution in [0.5, 0.6) is 0 Å².